The molecule has 0 radical (unpaired) electrons. The van der Waals surface area contributed by atoms with E-state index in [9.17, 15) is 4.79 Å². The Kier molecular flexibility index (Phi) is 4.52. The maximum atomic E-state index is 12.7. The fourth-order valence-corrected chi connectivity index (χ4v) is 3.06. The van der Waals surface area contributed by atoms with Gasteiger partial charge < -0.3 is 14.6 Å². The quantitative estimate of drug-likeness (QED) is 0.937. The number of aromatic nitrogens is 2. The first-order chi connectivity index (χ1) is 11.6. The summed E-state index contributed by atoms with van der Waals surface area (Å²) in [6, 6.07) is 7.14. The molecular weight excluding hydrogens is 304 g/mol. The number of hydrogen-bond donors (Lipinski definition) is 1. The van der Waals surface area contributed by atoms with Crippen molar-refractivity contribution in [2.75, 3.05) is 11.9 Å². The predicted molar refractivity (Wildman–Crippen MR) is 89.7 cm³/mol. The number of amides is 1. The van der Waals surface area contributed by atoms with Crippen LogP contribution in [-0.4, -0.2) is 22.1 Å². The second-order valence-electron chi connectivity index (χ2n) is 5.88. The van der Waals surface area contributed by atoms with Crippen LogP contribution in [0.15, 0.2) is 24.4 Å². The molecule has 0 aliphatic carbocycles. The van der Waals surface area contributed by atoms with E-state index in [0.717, 1.165) is 24.5 Å². The van der Waals surface area contributed by atoms with Crippen LogP contribution in [0.2, 0.25) is 0 Å². The highest BCUT2D eigenvalue weighted by Crippen LogP contribution is 2.28. The van der Waals surface area contributed by atoms with Crippen LogP contribution in [0, 0.1) is 24.2 Å². The number of fused-ring (bicyclic) bond motifs is 1. The Hall–Kier alpha value is -2.81. The van der Waals surface area contributed by atoms with Gasteiger partial charge in [0, 0.05) is 30.8 Å². The van der Waals surface area contributed by atoms with E-state index < -0.39 is 0 Å². The van der Waals surface area contributed by atoms with Crippen molar-refractivity contribution in [3.8, 4) is 11.8 Å². The van der Waals surface area contributed by atoms with E-state index in [-0.39, 0.29) is 11.8 Å². The molecule has 1 aromatic heterocycles. The van der Waals surface area contributed by atoms with Crippen LogP contribution in [0.3, 0.4) is 0 Å². The number of ether oxygens (including phenoxy) is 1. The molecule has 1 aliphatic rings. The molecule has 1 amide bonds. The van der Waals surface area contributed by atoms with Gasteiger partial charge in [0.15, 0.2) is 0 Å². The Balaban J connectivity index is 1.77. The molecule has 1 aromatic carbocycles. The van der Waals surface area contributed by atoms with Gasteiger partial charge in [-0.15, -0.1) is 0 Å². The molecule has 0 saturated carbocycles. The average Bonchev–Trinajstić information content (AvgIpc) is 2.97. The van der Waals surface area contributed by atoms with Gasteiger partial charge in [-0.2, -0.15) is 5.26 Å². The average molecular weight is 324 g/mol. The Morgan fingerprint density at radius 1 is 1.54 bits per heavy atom. The van der Waals surface area contributed by atoms with Crippen molar-refractivity contribution in [3.05, 3.63) is 41.5 Å². The van der Waals surface area contributed by atoms with Crippen molar-refractivity contribution in [2.24, 2.45) is 5.92 Å². The zero-order valence-corrected chi connectivity index (χ0v) is 13.9. The molecule has 0 spiro atoms. The molecule has 124 valence electrons. The SMILES string of the molecule is CCOc1ccc(C#N)cc1NC(=O)C1CCn2c(cnc2C)C1. The Bertz CT molecular complexity index is 804. The molecule has 0 saturated heterocycles. The highest BCUT2D eigenvalue weighted by molar-refractivity contribution is 5.94. The van der Waals surface area contributed by atoms with Crippen molar-refractivity contribution >= 4 is 11.6 Å². The number of rotatable bonds is 4. The van der Waals surface area contributed by atoms with E-state index in [1.54, 1.807) is 18.2 Å². The van der Waals surface area contributed by atoms with Crippen LogP contribution in [0.5, 0.6) is 5.75 Å². The largest absolute Gasteiger partial charge is 0.492 e. The molecule has 3 rings (SSSR count). The van der Waals surface area contributed by atoms with Crippen molar-refractivity contribution in [1.82, 2.24) is 9.55 Å². The van der Waals surface area contributed by atoms with Crippen molar-refractivity contribution < 1.29 is 9.53 Å². The summed E-state index contributed by atoms with van der Waals surface area (Å²) in [5.74, 6) is 1.43. The van der Waals surface area contributed by atoms with Gasteiger partial charge in [0.1, 0.15) is 11.6 Å². The van der Waals surface area contributed by atoms with Crippen LogP contribution >= 0.6 is 0 Å². The number of nitriles is 1. The topological polar surface area (TPSA) is 79.9 Å². The lowest BCUT2D eigenvalue weighted by atomic mass is 9.95. The van der Waals surface area contributed by atoms with Crippen molar-refractivity contribution in [2.45, 2.75) is 33.2 Å². The minimum absolute atomic E-state index is 0.0452. The molecule has 24 heavy (non-hydrogen) atoms. The lowest BCUT2D eigenvalue weighted by Gasteiger charge is -2.24. The second kappa shape index (κ2) is 6.75. The van der Waals surface area contributed by atoms with Gasteiger partial charge in [-0.25, -0.2) is 4.98 Å². The molecule has 1 unspecified atom stereocenters. The molecule has 2 heterocycles. The molecule has 0 bridgehead atoms. The molecule has 6 heteroatoms. The van der Waals surface area contributed by atoms with Gasteiger partial charge in [-0.05, 0) is 38.5 Å². The summed E-state index contributed by atoms with van der Waals surface area (Å²) in [6.07, 6.45) is 3.29. The van der Waals surface area contributed by atoms with E-state index >= 15 is 0 Å². The molecule has 2 aromatic rings. The first-order valence-electron chi connectivity index (χ1n) is 8.11. The van der Waals surface area contributed by atoms with Crippen LogP contribution in [-0.2, 0) is 17.8 Å². The first kappa shape index (κ1) is 16.1. The predicted octanol–water partition coefficient (Wildman–Crippen LogP) is 2.66. The number of hydrogen-bond acceptors (Lipinski definition) is 4. The van der Waals surface area contributed by atoms with Crippen molar-refractivity contribution in [3.63, 3.8) is 0 Å². The zero-order chi connectivity index (χ0) is 17.1. The highest BCUT2D eigenvalue weighted by Gasteiger charge is 2.26. The molecule has 1 atom stereocenters. The minimum Gasteiger partial charge on any atom is -0.492 e. The number of carbonyl (C=O) groups is 1. The number of benzene rings is 1. The third-order valence-corrected chi connectivity index (χ3v) is 4.33. The maximum Gasteiger partial charge on any atom is 0.228 e. The smallest absolute Gasteiger partial charge is 0.228 e. The lowest BCUT2D eigenvalue weighted by molar-refractivity contribution is -0.120. The Morgan fingerprint density at radius 2 is 2.38 bits per heavy atom. The van der Waals surface area contributed by atoms with Crippen LogP contribution in [0.4, 0.5) is 5.69 Å². The van der Waals surface area contributed by atoms with Gasteiger partial charge in [0.25, 0.3) is 0 Å². The maximum absolute atomic E-state index is 12.7. The number of aryl methyl sites for hydroxylation is 1. The molecule has 6 nitrogen and oxygen atoms in total. The highest BCUT2D eigenvalue weighted by atomic mass is 16.5. The van der Waals surface area contributed by atoms with Crippen LogP contribution in [0.25, 0.3) is 0 Å². The second-order valence-corrected chi connectivity index (χ2v) is 5.88. The van der Waals surface area contributed by atoms with E-state index in [1.807, 2.05) is 20.0 Å². The van der Waals surface area contributed by atoms with Crippen LogP contribution < -0.4 is 10.1 Å². The van der Waals surface area contributed by atoms with Gasteiger partial charge in [-0.3, -0.25) is 4.79 Å². The Labute approximate surface area is 141 Å². The lowest BCUT2D eigenvalue weighted by Crippen LogP contribution is -2.30. The zero-order valence-electron chi connectivity index (χ0n) is 13.9. The van der Waals surface area contributed by atoms with Gasteiger partial charge in [0.05, 0.1) is 23.9 Å². The van der Waals surface area contributed by atoms with E-state index in [2.05, 4.69) is 20.9 Å². The summed E-state index contributed by atoms with van der Waals surface area (Å²) in [6.45, 7) is 5.16. The van der Waals surface area contributed by atoms with Gasteiger partial charge in [0.2, 0.25) is 5.91 Å². The number of nitrogens with one attached hydrogen (secondary N) is 1. The number of carbonyl (C=O) groups excluding carboxylic acids is 1. The summed E-state index contributed by atoms with van der Waals surface area (Å²) >= 11 is 0. The number of nitrogens with zero attached hydrogens (tertiary/aromatic N) is 3. The van der Waals surface area contributed by atoms with Gasteiger partial charge in [-0.1, -0.05) is 0 Å². The minimum atomic E-state index is -0.103. The standard InChI is InChI=1S/C18H20N4O2/c1-3-24-17-5-4-13(10-19)8-16(17)21-18(23)14-6-7-22-12(2)20-11-15(22)9-14/h4-5,8,11,14H,3,6-7,9H2,1-2H3,(H,21,23). The van der Waals surface area contributed by atoms with Crippen LogP contribution in [0.1, 0.15) is 30.4 Å². The number of imidazole rings is 1. The molecule has 1 aliphatic heterocycles. The van der Waals surface area contributed by atoms with E-state index in [4.69, 9.17) is 10.00 Å². The molecule has 0 fully saturated rings. The fourth-order valence-electron chi connectivity index (χ4n) is 3.06. The van der Waals surface area contributed by atoms with Crippen molar-refractivity contribution in [1.29, 1.82) is 5.26 Å². The molecular formula is C18H20N4O2. The monoisotopic (exact) mass is 324 g/mol. The Morgan fingerprint density at radius 3 is 3.12 bits per heavy atom. The summed E-state index contributed by atoms with van der Waals surface area (Å²) in [5.41, 5.74) is 2.14. The van der Waals surface area contributed by atoms with E-state index in [0.29, 0.717) is 30.0 Å². The normalized spacial score (nSPS) is 16.1. The summed E-state index contributed by atoms with van der Waals surface area (Å²) in [7, 11) is 0. The number of anilines is 1. The summed E-state index contributed by atoms with van der Waals surface area (Å²) in [4.78, 5) is 17.0. The molecule has 1 N–H and O–H groups in total. The third kappa shape index (κ3) is 3.11. The first-order valence-corrected chi connectivity index (χ1v) is 8.11. The fraction of sp³-hybridized carbons (Fsp3) is 0.389. The summed E-state index contributed by atoms with van der Waals surface area (Å²) < 4.78 is 7.70. The third-order valence-electron chi connectivity index (χ3n) is 4.33. The van der Waals surface area contributed by atoms with E-state index in [1.165, 1.54) is 0 Å². The summed E-state index contributed by atoms with van der Waals surface area (Å²) in [5, 5.41) is 12.0. The van der Waals surface area contributed by atoms with Gasteiger partial charge >= 0.3 is 0 Å².